The highest BCUT2D eigenvalue weighted by Gasteiger charge is 2.34. The van der Waals surface area contributed by atoms with Crippen LogP contribution in [0.3, 0.4) is 0 Å². The Morgan fingerprint density at radius 2 is 1.95 bits per heavy atom. The fraction of sp³-hybridized carbons (Fsp3) is 0.452. The Bertz CT molecular complexity index is 1310. The van der Waals surface area contributed by atoms with E-state index in [0.29, 0.717) is 18.8 Å². The van der Waals surface area contributed by atoms with Gasteiger partial charge in [-0.1, -0.05) is 30.3 Å². The smallest absolute Gasteiger partial charge is 0.318 e. The van der Waals surface area contributed by atoms with Gasteiger partial charge in [0.2, 0.25) is 0 Å². The minimum Gasteiger partial charge on any atom is -0.478 e. The van der Waals surface area contributed by atoms with E-state index in [9.17, 15) is 9.59 Å². The summed E-state index contributed by atoms with van der Waals surface area (Å²) in [7, 11) is 0. The number of anilines is 1. The maximum Gasteiger partial charge on any atom is 0.318 e. The molecule has 0 radical (unpaired) electrons. The van der Waals surface area contributed by atoms with Gasteiger partial charge >= 0.3 is 6.03 Å². The second kappa shape index (κ2) is 12.6. The first kappa shape index (κ1) is 28.5. The lowest BCUT2D eigenvalue weighted by Crippen LogP contribution is -2.52. The Morgan fingerprint density at radius 3 is 2.66 bits per heavy atom. The standard InChI is InChI=1S/C31H40N6O4/c1-31(2,29(39)32-14-16-38)41-28-7-3-6-27(17-28)36-15-4-5-25(21-36)35-30(40)37(26-12-13-26)20-22-8-10-23(11-9-22)24-18-33-34-19-24/h3,6-11,17-19,25-26,38H,4-5,12-16,20-21H2,1-2H3,(H,32,39)(H,33,34)(H,35,40)/t25-/m0/s1. The lowest BCUT2D eigenvalue weighted by atomic mass is 10.0. The second-order valence-corrected chi connectivity index (χ2v) is 11.4. The number of hydrogen-bond donors (Lipinski definition) is 4. The zero-order valence-corrected chi connectivity index (χ0v) is 23.8. The summed E-state index contributed by atoms with van der Waals surface area (Å²) in [5.74, 6) is 0.309. The van der Waals surface area contributed by atoms with E-state index in [1.165, 1.54) is 0 Å². The first-order valence-electron chi connectivity index (χ1n) is 14.4. The molecule has 2 heterocycles. The molecule has 218 valence electrons. The number of carbonyl (C=O) groups excluding carboxylic acids is 2. The monoisotopic (exact) mass is 560 g/mol. The fourth-order valence-corrected chi connectivity index (χ4v) is 5.21. The van der Waals surface area contributed by atoms with Crippen LogP contribution in [0.5, 0.6) is 5.75 Å². The SMILES string of the molecule is CC(C)(Oc1cccc(N2CCC[C@H](NC(=O)N(Cc3ccc(-c4cn[nH]c4)cc3)C3CC3)C2)c1)C(=O)NCCO. The number of nitrogens with zero attached hydrogens (tertiary/aromatic N) is 3. The van der Waals surface area contributed by atoms with Crippen LogP contribution in [0.1, 0.15) is 45.1 Å². The average Bonchev–Trinajstić information content (AvgIpc) is 3.67. The molecule has 0 bridgehead atoms. The Balaban J connectivity index is 1.19. The van der Waals surface area contributed by atoms with Gasteiger partial charge in [-0.15, -0.1) is 0 Å². The summed E-state index contributed by atoms with van der Waals surface area (Å²) in [6.45, 7) is 5.64. The van der Waals surface area contributed by atoms with E-state index in [-0.39, 0.29) is 37.2 Å². The van der Waals surface area contributed by atoms with E-state index < -0.39 is 5.60 Å². The van der Waals surface area contributed by atoms with Crippen LogP contribution in [0.25, 0.3) is 11.1 Å². The van der Waals surface area contributed by atoms with Crippen LogP contribution in [-0.4, -0.2) is 76.1 Å². The first-order valence-corrected chi connectivity index (χ1v) is 14.4. The topological polar surface area (TPSA) is 123 Å². The van der Waals surface area contributed by atoms with Crippen molar-refractivity contribution in [3.63, 3.8) is 0 Å². The minimum atomic E-state index is -1.09. The predicted molar refractivity (Wildman–Crippen MR) is 158 cm³/mol. The molecule has 0 spiro atoms. The van der Waals surface area contributed by atoms with Crippen LogP contribution in [-0.2, 0) is 11.3 Å². The number of nitrogens with one attached hydrogen (secondary N) is 3. The summed E-state index contributed by atoms with van der Waals surface area (Å²) in [6, 6.07) is 16.3. The van der Waals surface area contributed by atoms with Crippen LogP contribution in [0.2, 0.25) is 0 Å². The molecule has 2 aliphatic rings. The molecule has 10 nitrogen and oxygen atoms in total. The summed E-state index contributed by atoms with van der Waals surface area (Å²) in [5, 5.41) is 21.8. The maximum atomic E-state index is 13.5. The molecule has 2 fully saturated rings. The van der Waals surface area contributed by atoms with Gasteiger partial charge in [-0.2, -0.15) is 5.10 Å². The molecule has 1 aliphatic carbocycles. The van der Waals surface area contributed by atoms with E-state index in [0.717, 1.165) is 54.6 Å². The van der Waals surface area contributed by atoms with Crippen LogP contribution in [0.4, 0.5) is 10.5 Å². The summed E-state index contributed by atoms with van der Waals surface area (Å²) in [5.41, 5.74) is 3.15. The molecular formula is C31H40N6O4. The number of hydrogen-bond acceptors (Lipinski definition) is 6. The van der Waals surface area contributed by atoms with Crippen molar-refractivity contribution in [3.8, 4) is 16.9 Å². The molecule has 1 aromatic heterocycles. The van der Waals surface area contributed by atoms with Gasteiger partial charge < -0.3 is 30.3 Å². The van der Waals surface area contributed by atoms with Crippen molar-refractivity contribution in [1.29, 1.82) is 0 Å². The number of rotatable bonds is 11. The molecule has 1 saturated heterocycles. The largest absolute Gasteiger partial charge is 0.478 e. The number of aliphatic hydroxyl groups is 1. The highest BCUT2D eigenvalue weighted by molar-refractivity contribution is 5.84. The number of H-pyrrole nitrogens is 1. The van der Waals surface area contributed by atoms with Gasteiger partial charge in [-0.25, -0.2) is 4.79 Å². The van der Waals surface area contributed by atoms with Gasteiger partial charge in [0.05, 0.1) is 12.8 Å². The summed E-state index contributed by atoms with van der Waals surface area (Å²) < 4.78 is 6.03. The number of aromatic amines is 1. The molecule has 1 atom stereocenters. The van der Waals surface area contributed by atoms with Gasteiger partial charge in [0, 0.05) is 61.8 Å². The number of aromatic nitrogens is 2. The maximum absolute atomic E-state index is 13.5. The van der Waals surface area contributed by atoms with Crippen molar-refractivity contribution >= 4 is 17.6 Å². The zero-order valence-electron chi connectivity index (χ0n) is 23.8. The molecule has 1 saturated carbocycles. The number of aliphatic hydroxyl groups excluding tert-OH is 1. The molecule has 0 unspecified atom stereocenters. The van der Waals surface area contributed by atoms with Gasteiger partial charge in [-0.3, -0.25) is 9.89 Å². The van der Waals surface area contributed by atoms with Crippen molar-refractivity contribution in [2.75, 3.05) is 31.1 Å². The number of carbonyl (C=O) groups is 2. The average molecular weight is 561 g/mol. The minimum absolute atomic E-state index is 0.00835. The number of piperidine rings is 1. The zero-order chi connectivity index (χ0) is 28.8. The van der Waals surface area contributed by atoms with Gasteiger partial charge in [0.25, 0.3) is 5.91 Å². The Morgan fingerprint density at radius 1 is 1.15 bits per heavy atom. The van der Waals surface area contributed by atoms with E-state index in [2.05, 4.69) is 50.0 Å². The highest BCUT2D eigenvalue weighted by atomic mass is 16.5. The quantitative estimate of drug-likeness (QED) is 0.284. The van der Waals surface area contributed by atoms with E-state index >= 15 is 0 Å². The van der Waals surface area contributed by atoms with Crippen LogP contribution in [0, 0.1) is 0 Å². The number of urea groups is 1. The lowest BCUT2D eigenvalue weighted by Gasteiger charge is -2.36. The summed E-state index contributed by atoms with van der Waals surface area (Å²) in [4.78, 5) is 30.1. The van der Waals surface area contributed by atoms with E-state index in [1.807, 2.05) is 35.4 Å². The highest BCUT2D eigenvalue weighted by Crippen LogP contribution is 2.30. The van der Waals surface area contributed by atoms with Crippen molar-refractivity contribution in [2.45, 2.75) is 63.8 Å². The first-order chi connectivity index (χ1) is 19.8. The molecule has 3 aromatic rings. The second-order valence-electron chi connectivity index (χ2n) is 11.4. The van der Waals surface area contributed by atoms with Crippen LogP contribution < -0.4 is 20.3 Å². The Kier molecular flexibility index (Phi) is 8.78. The Hall–Kier alpha value is -4.05. The lowest BCUT2D eigenvalue weighted by molar-refractivity contribution is -0.134. The van der Waals surface area contributed by atoms with Crippen molar-refractivity contribution in [1.82, 2.24) is 25.7 Å². The molecule has 10 heteroatoms. The molecule has 1 aliphatic heterocycles. The fourth-order valence-electron chi connectivity index (χ4n) is 5.21. The van der Waals surface area contributed by atoms with Gasteiger partial charge in [-0.05, 0) is 62.8 Å². The molecule has 4 N–H and O–H groups in total. The third-order valence-corrected chi connectivity index (χ3v) is 7.64. The van der Waals surface area contributed by atoms with Crippen molar-refractivity contribution in [2.24, 2.45) is 0 Å². The predicted octanol–water partition coefficient (Wildman–Crippen LogP) is 3.69. The molecular weight excluding hydrogens is 520 g/mol. The van der Waals surface area contributed by atoms with Crippen LogP contribution in [0.15, 0.2) is 60.9 Å². The summed E-state index contributed by atoms with van der Waals surface area (Å²) >= 11 is 0. The molecule has 3 amide bonds. The van der Waals surface area contributed by atoms with Crippen LogP contribution >= 0.6 is 0 Å². The Labute approximate surface area is 241 Å². The number of ether oxygens (including phenoxy) is 1. The number of amides is 3. The molecule has 2 aromatic carbocycles. The number of benzene rings is 2. The van der Waals surface area contributed by atoms with E-state index in [4.69, 9.17) is 9.84 Å². The normalized spacial score (nSPS) is 17.1. The third-order valence-electron chi connectivity index (χ3n) is 7.64. The molecule has 41 heavy (non-hydrogen) atoms. The van der Waals surface area contributed by atoms with Crippen molar-refractivity contribution in [3.05, 3.63) is 66.5 Å². The summed E-state index contributed by atoms with van der Waals surface area (Å²) in [6.07, 6.45) is 7.64. The van der Waals surface area contributed by atoms with Gasteiger partial charge in [0.15, 0.2) is 5.60 Å². The van der Waals surface area contributed by atoms with Gasteiger partial charge in [0.1, 0.15) is 5.75 Å². The van der Waals surface area contributed by atoms with Crippen molar-refractivity contribution < 1.29 is 19.4 Å². The molecule has 5 rings (SSSR count). The third kappa shape index (κ3) is 7.38. The van der Waals surface area contributed by atoms with E-state index in [1.54, 1.807) is 20.0 Å².